The highest BCUT2D eigenvalue weighted by atomic mass is 16.6. The maximum Gasteiger partial charge on any atom is 0.309 e. The fourth-order valence-electron chi connectivity index (χ4n) is 7.44. The van der Waals surface area contributed by atoms with Crippen molar-refractivity contribution in [1.82, 2.24) is 0 Å². The second-order valence-electron chi connectivity index (χ2n) is 14.0. The predicted molar refractivity (Wildman–Crippen MR) is 158 cm³/mol. The van der Waals surface area contributed by atoms with Gasteiger partial charge < -0.3 is 33.2 Å². The Morgan fingerprint density at radius 2 is 0.889 bits per heavy atom. The number of hydrogen-bond donors (Lipinski definition) is 0. The number of carbonyl (C=O) groups excluding carboxylic acids is 4. The van der Waals surface area contributed by atoms with Gasteiger partial charge in [0.05, 0.1) is 74.9 Å². The number of epoxide rings is 3. The molecule has 6 rings (SSSR count). The van der Waals surface area contributed by atoms with E-state index < -0.39 is 11.8 Å². The maximum atomic E-state index is 12.9. The van der Waals surface area contributed by atoms with Crippen LogP contribution in [0.4, 0.5) is 0 Å². The third kappa shape index (κ3) is 9.88. The lowest BCUT2D eigenvalue weighted by Gasteiger charge is -2.26. The smallest absolute Gasteiger partial charge is 0.309 e. The molecule has 252 valence electrons. The largest absolute Gasteiger partial charge is 0.465 e. The van der Waals surface area contributed by atoms with E-state index in [1.54, 1.807) is 0 Å². The minimum absolute atomic E-state index is 0.0151. The van der Waals surface area contributed by atoms with Crippen molar-refractivity contribution in [2.45, 2.75) is 139 Å². The van der Waals surface area contributed by atoms with E-state index >= 15 is 0 Å². The summed E-state index contributed by atoms with van der Waals surface area (Å²) in [7, 11) is 0. The molecule has 0 N–H and O–H groups in total. The van der Waals surface area contributed by atoms with Gasteiger partial charge in [0.1, 0.15) is 0 Å². The molecule has 11 nitrogen and oxygen atoms in total. The molecule has 0 aromatic rings. The lowest BCUT2D eigenvalue weighted by atomic mass is 9.79. The number of esters is 4. The van der Waals surface area contributed by atoms with Crippen LogP contribution in [-0.2, 0) is 52.3 Å². The number of hydrogen-bond acceptors (Lipinski definition) is 11. The number of unbranched alkanes of at least 4 members (excludes halogenated alkanes) is 4. The van der Waals surface area contributed by atoms with E-state index in [0.29, 0.717) is 101 Å². The molecule has 6 fully saturated rings. The minimum atomic E-state index is -0.566. The first-order valence-electron chi connectivity index (χ1n) is 17.5. The summed E-state index contributed by atoms with van der Waals surface area (Å²) in [5.41, 5.74) is 0. The van der Waals surface area contributed by atoms with Gasteiger partial charge in [-0.15, -0.1) is 0 Å². The summed E-state index contributed by atoms with van der Waals surface area (Å²) < 4.78 is 38.7. The Morgan fingerprint density at radius 3 is 1.33 bits per heavy atom. The summed E-state index contributed by atoms with van der Waals surface area (Å²) in [6, 6.07) is 0. The van der Waals surface area contributed by atoms with Crippen molar-refractivity contribution in [1.29, 1.82) is 0 Å². The summed E-state index contributed by atoms with van der Waals surface area (Å²) in [5, 5.41) is 0. The second kappa shape index (κ2) is 15.6. The van der Waals surface area contributed by atoms with Gasteiger partial charge in [-0.05, 0) is 102 Å². The van der Waals surface area contributed by atoms with Crippen LogP contribution in [0.2, 0.25) is 0 Å². The van der Waals surface area contributed by atoms with E-state index in [4.69, 9.17) is 33.2 Å². The molecule has 0 spiro atoms. The van der Waals surface area contributed by atoms with Crippen LogP contribution in [0.15, 0.2) is 0 Å². The Balaban J connectivity index is 0.783. The Hall–Kier alpha value is -2.24. The van der Waals surface area contributed by atoms with Gasteiger partial charge in [0, 0.05) is 12.8 Å². The summed E-state index contributed by atoms with van der Waals surface area (Å²) in [6.45, 7) is 1.47. The van der Waals surface area contributed by atoms with Crippen molar-refractivity contribution in [2.24, 2.45) is 23.7 Å². The molecule has 0 aromatic heterocycles. The zero-order valence-corrected chi connectivity index (χ0v) is 26.4. The normalized spacial score (nSPS) is 35.6. The molecule has 3 saturated heterocycles. The summed E-state index contributed by atoms with van der Waals surface area (Å²) >= 11 is 0. The molecular weight excluding hydrogens is 584 g/mol. The van der Waals surface area contributed by atoms with Gasteiger partial charge in [-0.25, -0.2) is 0 Å². The van der Waals surface area contributed by atoms with Gasteiger partial charge in [0.25, 0.3) is 0 Å². The van der Waals surface area contributed by atoms with Crippen molar-refractivity contribution in [3.05, 3.63) is 0 Å². The van der Waals surface area contributed by atoms with Gasteiger partial charge in [-0.1, -0.05) is 0 Å². The van der Waals surface area contributed by atoms with Gasteiger partial charge in [0.15, 0.2) is 0 Å². The second-order valence-corrected chi connectivity index (χ2v) is 14.0. The van der Waals surface area contributed by atoms with E-state index in [0.717, 1.165) is 51.4 Å². The van der Waals surface area contributed by atoms with Crippen LogP contribution < -0.4 is 0 Å². The third-order valence-electron chi connectivity index (χ3n) is 10.5. The lowest BCUT2D eigenvalue weighted by molar-refractivity contribution is -0.162. The molecule has 0 bridgehead atoms. The van der Waals surface area contributed by atoms with Crippen LogP contribution in [-0.4, -0.2) is 86.9 Å². The monoisotopic (exact) mass is 634 g/mol. The molecule has 3 saturated carbocycles. The number of carbonyl (C=O) groups is 4. The van der Waals surface area contributed by atoms with E-state index in [9.17, 15) is 19.2 Å². The van der Waals surface area contributed by atoms with Crippen molar-refractivity contribution in [3.8, 4) is 0 Å². The van der Waals surface area contributed by atoms with Gasteiger partial charge in [-0.3, -0.25) is 19.2 Å². The van der Waals surface area contributed by atoms with Crippen molar-refractivity contribution in [3.63, 3.8) is 0 Å². The summed E-state index contributed by atoms with van der Waals surface area (Å²) in [5.74, 6) is -1.41. The van der Waals surface area contributed by atoms with Crippen LogP contribution in [0.25, 0.3) is 0 Å². The van der Waals surface area contributed by atoms with Gasteiger partial charge in [0.2, 0.25) is 0 Å². The van der Waals surface area contributed by atoms with E-state index in [-0.39, 0.29) is 49.3 Å². The highest BCUT2D eigenvalue weighted by molar-refractivity contribution is 5.82. The number of ether oxygens (including phenoxy) is 7. The molecule has 0 amide bonds. The van der Waals surface area contributed by atoms with Crippen molar-refractivity contribution < 1.29 is 52.3 Å². The highest BCUT2D eigenvalue weighted by Gasteiger charge is 2.53. The maximum absolute atomic E-state index is 12.9. The average molecular weight is 635 g/mol. The molecular formula is C34H50O11. The first-order valence-corrected chi connectivity index (χ1v) is 17.5. The molecule has 0 aromatic carbocycles. The Morgan fingerprint density at radius 1 is 0.467 bits per heavy atom. The highest BCUT2D eigenvalue weighted by Crippen LogP contribution is 2.44. The SMILES string of the molecule is O=C(CCCCCOC(=O)C1CC2OC2CC1C(=O)OCCCCCC(=O)OCC1CCC2OC2C1)OCC1CCC2OC2C1. The van der Waals surface area contributed by atoms with Crippen molar-refractivity contribution >= 4 is 23.9 Å². The molecule has 45 heavy (non-hydrogen) atoms. The third-order valence-corrected chi connectivity index (χ3v) is 10.5. The summed E-state index contributed by atoms with van der Waals surface area (Å²) in [4.78, 5) is 50.0. The van der Waals surface area contributed by atoms with Gasteiger partial charge >= 0.3 is 23.9 Å². The van der Waals surface area contributed by atoms with Crippen LogP contribution in [0.3, 0.4) is 0 Å². The van der Waals surface area contributed by atoms with E-state index in [1.165, 1.54) is 0 Å². The van der Waals surface area contributed by atoms with Gasteiger partial charge in [-0.2, -0.15) is 0 Å². The quantitative estimate of drug-likeness (QED) is 0.0926. The average Bonchev–Trinajstić information content (AvgIpc) is 3.93. The molecule has 10 unspecified atom stereocenters. The Kier molecular flexibility index (Phi) is 11.3. The van der Waals surface area contributed by atoms with Crippen LogP contribution in [0.5, 0.6) is 0 Å². The molecule has 3 aliphatic carbocycles. The molecule has 11 heteroatoms. The van der Waals surface area contributed by atoms with Crippen molar-refractivity contribution in [2.75, 3.05) is 26.4 Å². The fraction of sp³-hybridized carbons (Fsp3) is 0.882. The zero-order chi connectivity index (χ0) is 31.2. The molecule has 10 atom stereocenters. The summed E-state index contributed by atoms with van der Waals surface area (Å²) in [6.07, 6.45) is 13.8. The topological polar surface area (TPSA) is 143 Å². The minimum Gasteiger partial charge on any atom is -0.465 e. The van der Waals surface area contributed by atoms with Crippen LogP contribution in [0.1, 0.15) is 103 Å². The first-order chi connectivity index (χ1) is 21.9. The Bertz CT molecular complexity index is 967. The molecule has 3 heterocycles. The van der Waals surface area contributed by atoms with E-state index in [1.807, 2.05) is 0 Å². The number of fused-ring (bicyclic) bond motifs is 3. The van der Waals surface area contributed by atoms with E-state index in [2.05, 4.69) is 0 Å². The molecule has 3 aliphatic heterocycles. The molecule has 0 radical (unpaired) electrons. The Labute approximate surface area is 265 Å². The zero-order valence-electron chi connectivity index (χ0n) is 26.4. The first kappa shape index (κ1) is 32.7. The lowest BCUT2D eigenvalue weighted by Crippen LogP contribution is -2.37. The van der Waals surface area contributed by atoms with Crippen LogP contribution in [0, 0.1) is 23.7 Å². The van der Waals surface area contributed by atoms with Crippen LogP contribution >= 0.6 is 0 Å². The molecule has 6 aliphatic rings. The predicted octanol–water partition coefficient (Wildman–Crippen LogP) is 4.21. The number of rotatable bonds is 18. The standard InChI is InChI=1S/C34H50O11/c35-31(41-19-21-9-11-25-27(15-21)43-25)7-3-1-5-13-39-33(37)23-17-29-30(45-29)18-24(23)34(38)40-14-6-2-4-8-32(36)42-20-22-10-12-26-28(16-22)44-26/h21-30H,1-20H2. The fourth-order valence-corrected chi connectivity index (χ4v) is 7.44.